The SMILES string of the molecule is CCN(CCNC(=O)CSCC(N)=O)c1ccccc1C. The van der Waals surface area contributed by atoms with E-state index in [2.05, 4.69) is 36.2 Å². The van der Waals surface area contributed by atoms with Crippen molar-refractivity contribution < 1.29 is 9.59 Å². The Morgan fingerprint density at radius 1 is 1.29 bits per heavy atom. The van der Waals surface area contributed by atoms with Gasteiger partial charge in [0.15, 0.2) is 0 Å². The van der Waals surface area contributed by atoms with Crippen LogP contribution in [0.5, 0.6) is 0 Å². The number of nitrogens with zero attached hydrogens (tertiary/aromatic N) is 1. The van der Waals surface area contributed by atoms with Crippen molar-refractivity contribution in [1.82, 2.24) is 5.32 Å². The van der Waals surface area contributed by atoms with Crippen molar-refractivity contribution >= 4 is 29.3 Å². The van der Waals surface area contributed by atoms with E-state index < -0.39 is 5.91 Å². The predicted molar refractivity (Wildman–Crippen MR) is 88.6 cm³/mol. The van der Waals surface area contributed by atoms with Gasteiger partial charge in [-0.2, -0.15) is 0 Å². The van der Waals surface area contributed by atoms with Crippen LogP contribution in [-0.4, -0.2) is 43.0 Å². The van der Waals surface area contributed by atoms with Gasteiger partial charge in [0.2, 0.25) is 11.8 Å². The third-order valence-corrected chi connectivity index (χ3v) is 3.97. The number of carbonyl (C=O) groups is 2. The third-order valence-electron chi connectivity index (χ3n) is 3.02. The van der Waals surface area contributed by atoms with Crippen molar-refractivity contribution in [1.29, 1.82) is 0 Å². The van der Waals surface area contributed by atoms with Crippen LogP contribution in [0, 0.1) is 6.92 Å². The number of rotatable bonds is 9. The number of likely N-dealkylation sites (N-methyl/N-ethyl adjacent to an activating group) is 1. The number of benzene rings is 1. The van der Waals surface area contributed by atoms with Crippen LogP contribution in [0.4, 0.5) is 5.69 Å². The molecule has 0 fully saturated rings. The lowest BCUT2D eigenvalue weighted by Crippen LogP contribution is -2.36. The second-order valence-electron chi connectivity index (χ2n) is 4.68. The summed E-state index contributed by atoms with van der Waals surface area (Å²) >= 11 is 1.23. The first-order valence-electron chi connectivity index (χ1n) is 6.98. The second kappa shape index (κ2) is 9.28. The lowest BCUT2D eigenvalue weighted by molar-refractivity contribution is -0.118. The fraction of sp³-hybridized carbons (Fsp3) is 0.467. The van der Waals surface area contributed by atoms with E-state index in [0.29, 0.717) is 6.54 Å². The smallest absolute Gasteiger partial charge is 0.230 e. The summed E-state index contributed by atoms with van der Waals surface area (Å²) in [5.74, 6) is -0.0245. The molecule has 0 aliphatic carbocycles. The van der Waals surface area contributed by atoms with Gasteiger partial charge in [-0.1, -0.05) is 18.2 Å². The number of nitrogens with one attached hydrogen (secondary N) is 1. The molecule has 0 aromatic heterocycles. The first-order chi connectivity index (χ1) is 10.0. The highest BCUT2D eigenvalue weighted by molar-refractivity contribution is 8.00. The predicted octanol–water partition coefficient (Wildman–Crippen LogP) is 1.16. The number of hydrogen-bond acceptors (Lipinski definition) is 4. The van der Waals surface area contributed by atoms with Gasteiger partial charge >= 0.3 is 0 Å². The van der Waals surface area contributed by atoms with E-state index >= 15 is 0 Å². The second-order valence-corrected chi connectivity index (χ2v) is 5.66. The Morgan fingerprint density at radius 2 is 2.00 bits per heavy atom. The largest absolute Gasteiger partial charge is 0.370 e. The molecule has 6 heteroatoms. The quantitative estimate of drug-likeness (QED) is 0.718. The number of thioether (sulfide) groups is 1. The summed E-state index contributed by atoms with van der Waals surface area (Å²) in [5, 5.41) is 2.86. The fourth-order valence-corrected chi connectivity index (χ4v) is 2.58. The van der Waals surface area contributed by atoms with Crippen molar-refractivity contribution in [3.8, 4) is 0 Å². The monoisotopic (exact) mass is 309 g/mol. The summed E-state index contributed by atoms with van der Waals surface area (Å²) in [6.45, 7) is 6.40. The van der Waals surface area contributed by atoms with Gasteiger partial charge in [-0.15, -0.1) is 11.8 Å². The summed E-state index contributed by atoms with van der Waals surface area (Å²) in [4.78, 5) is 24.4. The standard InChI is InChI=1S/C15H23N3O2S/c1-3-18(13-7-5-4-6-12(13)2)9-8-17-15(20)11-21-10-14(16)19/h4-7H,3,8-11H2,1-2H3,(H2,16,19)(H,17,20). The van der Waals surface area contributed by atoms with Crippen molar-refractivity contribution in [2.75, 3.05) is 36.0 Å². The zero-order chi connectivity index (χ0) is 15.7. The molecule has 0 bridgehead atoms. The minimum absolute atomic E-state index is 0.0675. The highest BCUT2D eigenvalue weighted by Gasteiger charge is 2.08. The molecule has 116 valence electrons. The summed E-state index contributed by atoms with van der Waals surface area (Å²) in [7, 11) is 0. The van der Waals surface area contributed by atoms with Gasteiger partial charge in [0.25, 0.3) is 0 Å². The molecule has 21 heavy (non-hydrogen) atoms. The minimum Gasteiger partial charge on any atom is -0.370 e. The maximum atomic E-state index is 11.6. The molecule has 0 radical (unpaired) electrons. The number of para-hydroxylation sites is 1. The van der Waals surface area contributed by atoms with Crippen molar-refractivity contribution in [3.05, 3.63) is 29.8 Å². The van der Waals surface area contributed by atoms with Gasteiger partial charge < -0.3 is 16.0 Å². The van der Waals surface area contributed by atoms with Crippen LogP contribution in [-0.2, 0) is 9.59 Å². The Kier molecular flexibility index (Phi) is 7.68. The molecular formula is C15H23N3O2S. The number of aryl methyl sites for hydroxylation is 1. The van der Waals surface area contributed by atoms with Crippen molar-refractivity contribution in [2.45, 2.75) is 13.8 Å². The number of nitrogens with two attached hydrogens (primary N) is 1. The lowest BCUT2D eigenvalue weighted by atomic mass is 10.2. The molecule has 1 aromatic rings. The first-order valence-corrected chi connectivity index (χ1v) is 8.13. The van der Waals surface area contributed by atoms with E-state index in [1.165, 1.54) is 23.0 Å². The Morgan fingerprint density at radius 3 is 2.62 bits per heavy atom. The highest BCUT2D eigenvalue weighted by Crippen LogP contribution is 2.18. The van der Waals surface area contributed by atoms with Crippen LogP contribution >= 0.6 is 11.8 Å². The van der Waals surface area contributed by atoms with Gasteiger partial charge in [0.1, 0.15) is 0 Å². The van der Waals surface area contributed by atoms with Crippen LogP contribution in [0.1, 0.15) is 12.5 Å². The van der Waals surface area contributed by atoms with Gasteiger partial charge in [-0.25, -0.2) is 0 Å². The van der Waals surface area contributed by atoms with E-state index in [-0.39, 0.29) is 17.4 Å². The summed E-state index contributed by atoms with van der Waals surface area (Å²) in [5.41, 5.74) is 7.43. The minimum atomic E-state index is -0.399. The Bertz CT molecular complexity index is 480. The molecule has 3 N–H and O–H groups in total. The van der Waals surface area contributed by atoms with Crippen LogP contribution in [0.15, 0.2) is 24.3 Å². The van der Waals surface area contributed by atoms with Crippen LogP contribution in [0.2, 0.25) is 0 Å². The third kappa shape index (κ3) is 6.53. The topological polar surface area (TPSA) is 75.4 Å². The van der Waals surface area contributed by atoms with Gasteiger partial charge in [0, 0.05) is 25.3 Å². The molecule has 0 unspecified atom stereocenters. The van der Waals surface area contributed by atoms with Crippen molar-refractivity contribution in [3.63, 3.8) is 0 Å². The fourth-order valence-electron chi connectivity index (χ4n) is 1.99. The number of hydrogen-bond donors (Lipinski definition) is 2. The normalized spacial score (nSPS) is 10.2. The molecule has 1 rings (SSSR count). The molecule has 0 spiro atoms. The number of amides is 2. The molecule has 1 aromatic carbocycles. The van der Waals surface area contributed by atoms with E-state index in [0.717, 1.165) is 13.1 Å². The Labute approximate surface area is 130 Å². The highest BCUT2D eigenvalue weighted by atomic mass is 32.2. The summed E-state index contributed by atoms with van der Waals surface area (Å²) in [6.07, 6.45) is 0. The summed E-state index contributed by atoms with van der Waals surface area (Å²) < 4.78 is 0. The zero-order valence-electron chi connectivity index (χ0n) is 12.6. The van der Waals surface area contributed by atoms with Gasteiger partial charge in [-0.3, -0.25) is 9.59 Å². The number of primary amides is 1. The molecule has 5 nitrogen and oxygen atoms in total. The van der Waals surface area contributed by atoms with Crippen LogP contribution in [0.3, 0.4) is 0 Å². The van der Waals surface area contributed by atoms with E-state index in [9.17, 15) is 9.59 Å². The van der Waals surface area contributed by atoms with E-state index in [1.807, 2.05) is 12.1 Å². The van der Waals surface area contributed by atoms with Crippen LogP contribution < -0.4 is 16.0 Å². The molecule has 0 atom stereocenters. The van der Waals surface area contributed by atoms with E-state index in [4.69, 9.17) is 5.73 Å². The zero-order valence-corrected chi connectivity index (χ0v) is 13.4. The number of anilines is 1. The van der Waals surface area contributed by atoms with E-state index in [1.54, 1.807) is 0 Å². The first kappa shape index (κ1) is 17.4. The Hall–Kier alpha value is -1.69. The average molecular weight is 309 g/mol. The van der Waals surface area contributed by atoms with Gasteiger partial charge in [-0.05, 0) is 25.5 Å². The lowest BCUT2D eigenvalue weighted by Gasteiger charge is -2.25. The van der Waals surface area contributed by atoms with Gasteiger partial charge in [0.05, 0.1) is 11.5 Å². The van der Waals surface area contributed by atoms with Crippen molar-refractivity contribution in [2.24, 2.45) is 5.73 Å². The van der Waals surface area contributed by atoms with Crippen LogP contribution in [0.25, 0.3) is 0 Å². The molecule has 2 amide bonds. The Balaban J connectivity index is 2.34. The average Bonchev–Trinajstić information content (AvgIpc) is 2.44. The molecular weight excluding hydrogens is 286 g/mol. The molecule has 0 saturated carbocycles. The molecule has 0 heterocycles. The molecule has 0 saturated heterocycles. The maximum Gasteiger partial charge on any atom is 0.230 e. The number of carbonyl (C=O) groups excluding carboxylic acids is 2. The summed E-state index contributed by atoms with van der Waals surface area (Å²) in [6, 6.07) is 8.20. The molecule has 0 aliphatic heterocycles. The maximum absolute atomic E-state index is 11.6. The molecule has 0 aliphatic rings.